The number of H-pyrrole nitrogens is 1. The lowest BCUT2D eigenvalue weighted by Crippen LogP contribution is -2.06. The number of hydrogen-bond donors (Lipinski definition) is 3. The van der Waals surface area contributed by atoms with Crippen molar-refractivity contribution in [3.63, 3.8) is 0 Å². The Morgan fingerprint density at radius 1 is 1.29 bits per heavy atom. The highest BCUT2D eigenvalue weighted by Crippen LogP contribution is 2.10. The lowest BCUT2D eigenvalue weighted by molar-refractivity contribution is 0.972. The molecule has 4 N–H and O–H groups in total. The van der Waals surface area contributed by atoms with E-state index in [1.165, 1.54) is 11.9 Å². The van der Waals surface area contributed by atoms with Crippen LogP contribution in [0.3, 0.4) is 0 Å². The number of rotatable bonds is 3. The second-order valence-electron chi connectivity index (χ2n) is 2.95. The molecule has 0 saturated carbocycles. The Bertz CT molecular complexity index is 378. The summed E-state index contributed by atoms with van der Waals surface area (Å²) in [5.41, 5.74) is 4.64. The molecule has 72 valence electrons. The second kappa shape index (κ2) is 3.89. The lowest BCUT2D eigenvalue weighted by Gasteiger charge is -2.01. The van der Waals surface area contributed by atoms with Crippen molar-refractivity contribution in [2.45, 2.75) is 6.42 Å². The molecule has 1 aromatic carbocycles. The predicted molar refractivity (Wildman–Crippen MR) is 53.4 cm³/mol. The van der Waals surface area contributed by atoms with Crippen molar-refractivity contribution in [2.24, 2.45) is 5.84 Å². The molecule has 1 heterocycles. The summed E-state index contributed by atoms with van der Waals surface area (Å²) in [6.07, 6.45) is 2.26. The predicted octanol–water partition coefficient (Wildman–Crippen LogP) is 0.681. The minimum absolute atomic E-state index is 0.755. The van der Waals surface area contributed by atoms with Crippen LogP contribution in [-0.4, -0.2) is 15.2 Å². The fourth-order valence-electron chi connectivity index (χ4n) is 1.23. The smallest absolute Gasteiger partial charge is 0.137 e. The molecule has 5 nitrogen and oxygen atoms in total. The highest BCUT2D eigenvalue weighted by molar-refractivity contribution is 5.43. The number of hydrogen-bond acceptors (Lipinski definition) is 4. The van der Waals surface area contributed by atoms with Gasteiger partial charge >= 0.3 is 0 Å². The van der Waals surface area contributed by atoms with E-state index in [4.69, 9.17) is 5.84 Å². The van der Waals surface area contributed by atoms with Crippen molar-refractivity contribution in [3.05, 3.63) is 42.0 Å². The molecule has 0 unspecified atom stereocenters. The van der Waals surface area contributed by atoms with Gasteiger partial charge in [-0.1, -0.05) is 12.1 Å². The van der Waals surface area contributed by atoms with E-state index >= 15 is 0 Å². The van der Waals surface area contributed by atoms with Gasteiger partial charge in [0.05, 0.1) is 0 Å². The Morgan fingerprint density at radius 3 is 2.64 bits per heavy atom. The summed E-state index contributed by atoms with van der Waals surface area (Å²) in [7, 11) is 0. The molecule has 0 aliphatic heterocycles. The molecule has 0 amide bonds. The average Bonchev–Trinajstić information content (AvgIpc) is 2.72. The molecule has 0 saturated heterocycles. The number of anilines is 1. The zero-order chi connectivity index (χ0) is 9.80. The van der Waals surface area contributed by atoms with Crippen LogP contribution in [-0.2, 0) is 6.42 Å². The maximum atomic E-state index is 5.26. The van der Waals surface area contributed by atoms with Gasteiger partial charge in [0.1, 0.15) is 12.2 Å². The zero-order valence-electron chi connectivity index (χ0n) is 7.57. The lowest BCUT2D eigenvalue weighted by atomic mass is 10.1. The SMILES string of the molecule is NNc1ccc(Cc2ncn[nH]2)cc1. The molecule has 1 aromatic heterocycles. The molecule has 2 rings (SSSR count). The number of aromatic amines is 1. The number of nitrogen functional groups attached to an aromatic ring is 1. The number of nitrogens with one attached hydrogen (secondary N) is 2. The van der Waals surface area contributed by atoms with E-state index in [1.807, 2.05) is 24.3 Å². The molecule has 2 aromatic rings. The van der Waals surface area contributed by atoms with Gasteiger partial charge in [0.2, 0.25) is 0 Å². The Balaban J connectivity index is 2.10. The van der Waals surface area contributed by atoms with Crippen molar-refractivity contribution >= 4 is 5.69 Å². The van der Waals surface area contributed by atoms with Crippen LogP contribution < -0.4 is 11.3 Å². The highest BCUT2D eigenvalue weighted by Gasteiger charge is 1.98. The van der Waals surface area contributed by atoms with Gasteiger partial charge in [-0.05, 0) is 17.7 Å². The van der Waals surface area contributed by atoms with Crippen LogP contribution in [0.5, 0.6) is 0 Å². The fourth-order valence-corrected chi connectivity index (χ4v) is 1.23. The van der Waals surface area contributed by atoms with Gasteiger partial charge in [-0.2, -0.15) is 5.10 Å². The van der Waals surface area contributed by atoms with Crippen LogP contribution >= 0.6 is 0 Å². The molecular formula is C9H11N5. The minimum atomic E-state index is 0.755. The van der Waals surface area contributed by atoms with Crippen molar-refractivity contribution in [1.29, 1.82) is 0 Å². The molecule has 0 radical (unpaired) electrons. The summed E-state index contributed by atoms with van der Waals surface area (Å²) in [4.78, 5) is 4.05. The zero-order valence-corrected chi connectivity index (χ0v) is 7.57. The largest absolute Gasteiger partial charge is 0.324 e. The van der Waals surface area contributed by atoms with Gasteiger partial charge in [-0.25, -0.2) is 4.98 Å². The molecule has 5 heteroatoms. The number of benzene rings is 1. The Kier molecular flexibility index (Phi) is 2.42. The van der Waals surface area contributed by atoms with Crippen molar-refractivity contribution in [3.8, 4) is 0 Å². The Morgan fingerprint density at radius 2 is 2.07 bits per heavy atom. The van der Waals surface area contributed by atoms with E-state index in [2.05, 4.69) is 20.6 Å². The molecule has 0 aliphatic rings. The van der Waals surface area contributed by atoms with Crippen LogP contribution in [0.15, 0.2) is 30.6 Å². The normalized spacial score (nSPS) is 10.1. The van der Waals surface area contributed by atoms with Crippen LogP contribution in [0.25, 0.3) is 0 Å². The van der Waals surface area contributed by atoms with E-state index < -0.39 is 0 Å². The van der Waals surface area contributed by atoms with Crippen LogP contribution in [0.1, 0.15) is 11.4 Å². The van der Waals surface area contributed by atoms with Gasteiger partial charge in [-0.15, -0.1) is 0 Å². The van der Waals surface area contributed by atoms with Crippen LogP contribution in [0.4, 0.5) is 5.69 Å². The first-order valence-electron chi connectivity index (χ1n) is 4.28. The molecule has 0 fully saturated rings. The average molecular weight is 189 g/mol. The number of hydrazine groups is 1. The van der Waals surface area contributed by atoms with E-state index in [9.17, 15) is 0 Å². The van der Waals surface area contributed by atoms with Gasteiger partial charge in [0, 0.05) is 12.1 Å². The van der Waals surface area contributed by atoms with E-state index in [0.717, 1.165) is 17.9 Å². The van der Waals surface area contributed by atoms with Crippen LogP contribution in [0.2, 0.25) is 0 Å². The van der Waals surface area contributed by atoms with E-state index in [1.54, 1.807) is 0 Å². The van der Waals surface area contributed by atoms with Crippen molar-refractivity contribution in [2.75, 3.05) is 5.43 Å². The summed E-state index contributed by atoms with van der Waals surface area (Å²) in [6, 6.07) is 7.84. The monoisotopic (exact) mass is 189 g/mol. The first-order chi connectivity index (χ1) is 6.88. The second-order valence-corrected chi connectivity index (χ2v) is 2.95. The third-order valence-corrected chi connectivity index (χ3v) is 1.96. The van der Waals surface area contributed by atoms with Crippen LogP contribution in [0, 0.1) is 0 Å². The third-order valence-electron chi connectivity index (χ3n) is 1.96. The first kappa shape index (κ1) is 8.71. The highest BCUT2D eigenvalue weighted by atomic mass is 15.2. The molecule has 0 aliphatic carbocycles. The Labute approximate surface area is 81.3 Å². The summed E-state index contributed by atoms with van der Waals surface area (Å²) < 4.78 is 0. The van der Waals surface area contributed by atoms with Gasteiger partial charge in [0.25, 0.3) is 0 Å². The molecule has 14 heavy (non-hydrogen) atoms. The maximum Gasteiger partial charge on any atom is 0.137 e. The number of aromatic nitrogens is 3. The number of nitrogens with two attached hydrogens (primary N) is 1. The molecular weight excluding hydrogens is 178 g/mol. The molecule has 0 bridgehead atoms. The summed E-state index contributed by atoms with van der Waals surface area (Å²) in [5.74, 6) is 6.12. The topological polar surface area (TPSA) is 79.6 Å². The fraction of sp³-hybridized carbons (Fsp3) is 0.111. The van der Waals surface area contributed by atoms with Gasteiger partial charge < -0.3 is 5.43 Å². The number of nitrogens with zero attached hydrogens (tertiary/aromatic N) is 2. The van der Waals surface area contributed by atoms with E-state index in [-0.39, 0.29) is 0 Å². The third kappa shape index (κ3) is 1.89. The van der Waals surface area contributed by atoms with Crippen molar-refractivity contribution < 1.29 is 0 Å². The molecule has 0 atom stereocenters. The van der Waals surface area contributed by atoms with Gasteiger partial charge in [0.15, 0.2) is 0 Å². The molecule has 0 spiro atoms. The van der Waals surface area contributed by atoms with Gasteiger partial charge in [-0.3, -0.25) is 10.9 Å². The minimum Gasteiger partial charge on any atom is -0.324 e. The summed E-state index contributed by atoms with van der Waals surface area (Å²) in [5, 5.41) is 6.60. The quantitative estimate of drug-likeness (QED) is 0.490. The summed E-state index contributed by atoms with van der Waals surface area (Å²) in [6.45, 7) is 0. The maximum absolute atomic E-state index is 5.26. The van der Waals surface area contributed by atoms with E-state index in [0.29, 0.717) is 0 Å². The summed E-state index contributed by atoms with van der Waals surface area (Å²) >= 11 is 0. The Hall–Kier alpha value is -1.88. The van der Waals surface area contributed by atoms with Crippen molar-refractivity contribution in [1.82, 2.24) is 15.2 Å². The standard InChI is InChI=1S/C9H11N5/c10-13-8-3-1-7(2-4-8)5-9-11-6-12-14-9/h1-4,6,13H,5,10H2,(H,11,12,14). The first-order valence-corrected chi connectivity index (χ1v) is 4.28.